The van der Waals surface area contributed by atoms with Gasteiger partial charge in [0.1, 0.15) is 28.7 Å². The van der Waals surface area contributed by atoms with E-state index in [1.54, 1.807) is 24.3 Å². The van der Waals surface area contributed by atoms with Gasteiger partial charge < -0.3 is 10.1 Å². The van der Waals surface area contributed by atoms with E-state index in [1.165, 1.54) is 6.07 Å². The average Bonchev–Trinajstić information content (AvgIpc) is 2.70. The molecule has 0 aliphatic carbocycles. The first-order chi connectivity index (χ1) is 14.6. The number of nitrogens with one attached hydrogen (secondary N) is 1. The topological polar surface area (TPSA) is 55.4 Å². The molecule has 1 amide bonds. The molecule has 0 radical (unpaired) electrons. The lowest BCUT2D eigenvalue weighted by Crippen LogP contribution is -2.35. The van der Waals surface area contributed by atoms with E-state index < -0.39 is 28.8 Å². The highest BCUT2D eigenvalue weighted by Gasteiger charge is 2.33. The summed E-state index contributed by atoms with van der Waals surface area (Å²) in [5.41, 5.74) is 2.39. The van der Waals surface area contributed by atoms with Gasteiger partial charge in [-0.1, -0.05) is 18.2 Å². The molecule has 3 aromatic carbocycles. The zero-order chi connectivity index (χ0) is 22.3. The fraction of sp³-hybridized carbons (Fsp3) is 0.200. The van der Waals surface area contributed by atoms with Gasteiger partial charge >= 0.3 is 0 Å². The number of ketones is 1. The maximum Gasteiger partial charge on any atom is 0.255 e. The monoisotopic (exact) mass is 421 g/mol. The lowest BCUT2D eigenvalue weighted by Gasteiger charge is -2.32. The van der Waals surface area contributed by atoms with E-state index in [0.717, 1.165) is 28.8 Å². The number of Topliss-reactive ketones (excluding diaryl/α,β-unsaturated/α-hetero) is 1. The van der Waals surface area contributed by atoms with Gasteiger partial charge in [0.2, 0.25) is 0 Å². The van der Waals surface area contributed by atoms with Gasteiger partial charge in [0.15, 0.2) is 5.78 Å². The zero-order valence-corrected chi connectivity index (χ0v) is 17.4. The van der Waals surface area contributed by atoms with Gasteiger partial charge in [-0.15, -0.1) is 0 Å². The normalized spacial score (nSPS) is 14.5. The number of para-hydroxylation sites is 1. The van der Waals surface area contributed by atoms with E-state index in [0.29, 0.717) is 17.7 Å². The third-order valence-electron chi connectivity index (χ3n) is 5.26. The molecule has 1 aliphatic heterocycles. The highest BCUT2D eigenvalue weighted by Crippen LogP contribution is 2.38. The van der Waals surface area contributed by atoms with Crippen molar-refractivity contribution >= 4 is 17.4 Å². The minimum Gasteiger partial charge on any atom is -0.487 e. The Bertz CT molecular complexity index is 1180. The number of ether oxygens (including phenoxy) is 1. The van der Waals surface area contributed by atoms with Crippen molar-refractivity contribution in [3.05, 3.63) is 82.9 Å². The summed E-state index contributed by atoms with van der Waals surface area (Å²) in [6.45, 7) is 5.66. The minimum absolute atomic E-state index is 0.0493. The largest absolute Gasteiger partial charge is 0.487 e. The van der Waals surface area contributed by atoms with Gasteiger partial charge in [0, 0.05) is 5.56 Å². The molecule has 4 nitrogen and oxygen atoms in total. The fourth-order valence-electron chi connectivity index (χ4n) is 3.72. The Morgan fingerprint density at radius 3 is 2.29 bits per heavy atom. The number of anilines is 1. The summed E-state index contributed by atoms with van der Waals surface area (Å²) in [5.74, 6) is -1.71. The van der Waals surface area contributed by atoms with Crippen molar-refractivity contribution in [2.24, 2.45) is 0 Å². The van der Waals surface area contributed by atoms with Crippen LogP contribution in [-0.4, -0.2) is 17.3 Å². The molecule has 0 spiro atoms. The summed E-state index contributed by atoms with van der Waals surface area (Å²) in [6.07, 6.45) is 0.325. The van der Waals surface area contributed by atoms with E-state index in [1.807, 2.05) is 32.9 Å². The number of rotatable bonds is 3. The molecular formula is C25H21F2NO3. The number of carbonyl (C=O) groups excluding carboxylic acids is 2. The number of hydrogen-bond acceptors (Lipinski definition) is 3. The van der Waals surface area contributed by atoms with Crippen molar-refractivity contribution < 1.29 is 23.1 Å². The SMILES string of the molecule is Cc1cc2c(cc1-c1ccc(C(=O)Nc3c(F)cccc3F)cc1)OC(C)(C)CC2=O. The molecule has 6 heteroatoms. The van der Waals surface area contributed by atoms with Crippen molar-refractivity contribution in [2.75, 3.05) is 5.32 Å². The Labute approximate surface area is 178 Å². The Kier molecular flexibility index (Phi) is 5.09. The summed E-state index contributed by atoms with van der Waals surface area (Å²) in [6, 6.07) is 13.7. The molecule has 1 heterocycles. The van der Waals surface area contributed by atoms with Crippen molar-refractivity contribution in [1.29, 1.82) is 0 Å². The van der Waals surface area contributed by atoms with E-state index in [2.05, 4.69) is 5.32 Å². The second-order valence-corrected chi connectivity index (χ2v) is 8.25. The first kappa shape index (κ1) is 20.7. The van der Waals surface area contributed by atoms with Crippen LogP contribution in [0.25, 0.3) is 11.1 Å². The van der Waals surface area contributed by atoms with Gasteiger partial charge in [-0.25, -0.2) is 8.78 Å². The summed E-state index contributed by atoms with van der Waals surface area (Å²) >= 11 is 0. The summed E-state index contributed by atoms with van der Waals surface area (Å²) in [5, 5.41) is 2.27. The lowest BCUT2D eigenvalue weighted by atomic mass is 9.89. The van der Waals surface area contributed by atoms with Crippen molar-refractivity contribution in [2.45, 2.75) is 32.8 Å². The molecule has 0 aromatic heterocycles. The van der Waals surface area contributed by atoms with Crippen LogP contribution in [0.2, 0.25) is 0 Å². The second kappa shape index (κ2) is 7.61. The molecule has 0 atom stereocenters. The van der Waals surface area contributed by atoms with Crippen LogP contribution in [0, 0.1) is 18.6 Å². The third-order valence-corrected chi connectivity index (χ3v) is 5.26. The predicted molar refractivity (Wildman–Crippen MR) is 115 cm³/mol. The first-order valence-electron chi connectivity index (χ1n) is 9.87. The summed E-state index contributed by atoms with van der Waals surface area (Å²) in [4.78, 5) is 24.9. The summed E-state index contributed by atoms with van der Waals surface area (Å²) in [7, 11) is 0. The smallest absolute Gasteiger partial charge is 0.255 e. The first-order valence-corrected chi connectivity index (χ1v) is 9.87. The molecule has 0 saturated carbocycles. The zero-order valence-electron chi connectivity index (χ0n) is 17.4. The number of hydrogen-bond donors (Lipinski definition) is 1. The third kappa shape index (κ3) is 4.06. The van der Waals surface area contributed by atoms with Crippen LogP contribution in [0.15, 0.2) is 54.6 Å². The quantitative estimate of drug-likeness (QED) is 0.570. The second-order valence-electron chi connectivity index (χ2n) is 8.25. The molecule has 3 aromatic rings. The van der Waals surface area contributed by atoms with Gasteiger partial charge in [0.05, 0.1) is 12.0 Å². The van der Waals surface area contributed by atoms with Gasteiger partial charge in [0.25, 0.3) is 5.91 Å². The van der Waals surface area contributed by atoms with E-state index in [-0.39, 0.29) is 11.3 Å². The standard InChI is InChI=1S/C25H21F2NO3/c1-14-11-18-21(29)13-25(2,3)31-22(18)12-17(14)15-7-9-16(10-8-15)24(30)28-23-19(26)5-4-6-20(23)27/h4-12H,13H2,1-3H3,(H,28,30). The van der Waals surface area contributed by atoms with Crippen LogP contribution in [0.1, 0.15) is 46.5 Å². The van der Waals surface area contributed by atoms with Gasteiger partial charge in [-0.3, -0.25) is 9.59 Å². The molecule has 158 valence electrons. The number of amides is 1. The maximum atomic E-state index is 13.8. The molecule has 0 bridgehead atoms. The number of halogens is 2. The molecule has 0 fully saturated rings. The van der Waals surface area contributed by atoms with Gasteiger partial charge in [-0.2, -0.15) is 0 Å². The highest BCUT2D eigenvalue weighted by molar-refractivity contribution is 6.05. The van der Waals surface area contributed by atoms with Crippen LogP contribution in [-0.2, 0) is 0 Å². The average molecular weight is 421 g/mol. The molecule has 31 heavy (non-hydrogen) atoms. The van der Waals surface area contributed by atoms with Crippen LogP contribution >= 0.6 is 0 Å². The van der Waals surface area contributed by atoms with E-state index in [9.17, 15) is 18.4 Å². The number of aryl methyl sites for hydroxylation is 1. The van der Waals surface area contributed by atoms with Crippen LogP contribution < -0.4 is 10.1 Å². The molecular weight excluding hydrogens is 400 g/mol. The molecule has 0 unspecified atom stereocenters. The molecule has 4 rings (SSSR count). The van der Waals surface area contributed by atoms with Crippen LogP contribution in [0.5, 0.6) is 5.75 Å². The number of carbonyl (C=O) groups is 2. The number of benzene rings is 3. The van der Waals surface area contributed by atoms with Crippen LogP contribution in [0.4, 0.5) is 14.5 Å². The fourth-order valence-corrected chi connectivity index (χ4v) is 3.72. The van der Waals surface area contributed by atoms with E-state index in [4.69, 9.17) is 4.74 Å². The van der Waals surface area contributed by atoms with Crippen molar-refractivity contribution in [3.8, 4) is 16.9 Å². The molecule has 0 saturated heterocycles. The Morgan fingerprint density at radius 1 is 1.00 bits per heavy atom. The van der Waals surface area contributed by atoms with Gasteiger partial charge in [-0.05, 0) is 73.9 Å². The predicted octanol–water partition coefficient (Wildman–Crippen LogP) is 5.94. The molecule has 1 N–H and O–H groups in total. The van der Waals surface area contributed by atoms with Crippen LogP contribution in [0.3, 0.4) is 0 Å². The van der Waals surface area contributed by atoms with Crippen molar-refractivity contribution in [3.63, 3.8) is 0 Å². The minimum atomic E-state index is -0.841. The van der Waals surface area contributed by atoms with Crippen molar-refractivity contribution in [1.82, 2.24) is 0 Å². The Balaban J connectivity index is 1.61. The lowest BCUT2D eigenvalue weighted by molar-refractivity contribution is 0.0620. The highest BCUT2D eigenvalue weighted by atomic mass is 19.1. The maximum absolute atomic E-state index is 13.8. The summed E-state index contributed by atoms with van der Waals surface area (Å²) < 4.78 is 33.6. The van der Waals surface area contributed by atoms with E-state index >= 15 is 0 Å². The molecule has 1 aliphatic rings. The number of fused-ring (bicyclic) bond motifs is 1. The Morgan fingerprint density at radius 2 is 1.65 bits per heavy atom. The Hall–Kier alpha value is -3.54.